The van der Waals surface area contributed by atoms with Crippen molar-refractivity contribution in [3.05, 3.63) is 63.1 Å². The van der Waals surface area contributed by atoms with E-state index in [1.54, 1.807) is 12.1 Å². The van der Waals surface area contributed by atoms with E-state index >= 15 is 0 Å². The average molecular weight is 317 g/mol. The van der Waals surface area contributed by atoms with Crippen molar-refractivity contribution in [2.75, 3.05) is 0 Å². The number of aromatic amines is 1. The molecule has 0 radical (unpaired) electrons. The van der Waals surface area contributed by atoms with Gasteiger partial charge in [-0.15, -0.1) is 0 Å². The lowest BCUT2D eigenvalue weighted by molar-refractivity contribution is -0.384. The molecule has 0 saturated heterocycles. The maximum absolute atomic E-state index is 10.7. The van der Waals surface area contributed by atoms with Crippen molar-refractivity contribution in [3.63, 3.8) is 0 Å². The molecular weight excluding hydrogens is 308 g/mol. The number of hydrogen-bond acceptors (Lipinski definition) is 2. The van der Waals surface area contributed by atoms with Crippen LogP contribution in [0.25, 0.3) is 22.2 Å². The van der Waals surface area contributed by atoms with Crippen LogP contribution in [0.4, 0.5) is 5.69 Å². The van der Waals surface area contributed by atoms with Gasteiger partial charge in [-0.2, -0.15) is 0 Å². The van der Waals surface area contributed by atoms with Crippen LogP contribution in [0.5, 0.6) is 0 Å². The molecule has 94 valence electrons. The van der Waals surface area contributed by atoms with Gasteiger partial charge >= 0.3 is 0 Å². The number of rotatable bonds is 2. The van der Waals surface area contributed by atoms with E-state index in [9.17, 15) is 10.1 Å². The third-order valence-electron chi connectivity index (χ3n) is 2.97. The van der Waals surface area contributed by atoms with Crippen LogP contribution in [0.15, 0.2) is 53.0 Å². The van der Waals surface area contributed by atoms with Crippen LogP contribution in [-0.4, -0.2) is 9.91 Å². The van der Waals surface area contributed by atoms with Gasteiger partial charge in [0.2, 0.25) is 0 Å². The molecule has 0 aliphatic heterocycles. The van der Waals surface area contributed by atoms with Crippen molar-refractivity contribution >= 4 is 32.5 Å². The average Bonchev–Trinajstić information content (AvgIpc) is 2.82. The molecule has 0 spiro atoms. The van der Waals surface area contributed by atoms with Crippen LogP contribution in [0.2, 0.25) is 0 Å². The quantitative estimate of drug-likeness (QED) is 0.558. The molecular formula is C14H9BrN2O2. The first-order valence-electron chi connectivity index (χ1n) is 5.66. The molecule has 19 heavy (non-hydrogen) atoms. The largest absolute Gasteiger partial charge is 0.355 e. The summed E-state index contributed by atoms with van der Waals surface area (Å²) in [6.07, 6.45) is 0. The molecule has 1 aromatic heterocycles. The second-order valence-corrected chi connectivity index (χ2v) is 5.13. The van der Waals surface area contributed by atoms with Crippen LogP contribution >= 0.6 is 15.9 Å². The molecule has 3 rings (SSSR count). The molecule has 2 aromatic carbocycles. The summed E-state index contributed by atoms with van der Waals surface area (Å²) >= 11 is 3.39. The second kappa shape index (κ2) is 4.51. The Kier molecular flexibility index (Phi) is 2.83. The fourth-order valence-electron chi connectivity index (χ4n) is 2.02. The minimum absolute atomic E-state index is 0.105. The normalized spacial score (nSPS) is 10.8. The fraction of sp³-hybridized carbons (Fsp3) is 0. The van der Waals surface area contributed by atoms with E-state index in [4.69, 9.17) is 0 Å². The lowest BCUT2D eigenvalue weighted by Crippen LogP contribution is -1.86. The summed E-state index contributed by atoms with van der Waals surface area (Å²) < 4.78 is 1.02. The van der Waals surface area contributed by atoms with Crippen molar-refractivity contribution in [3.8, 4) is 11.3 Å². The highest BCUT2D eigenvalue weighted by atomic mass is 79.9. The Balaban J connectivity index is 2.11. The van der Waals surface area contributed by atoms with E-state index in [0.29, 0.717) is 0 Å². The molecule has 0 atom stereocenters. The van der Waals surface area contributed by atoms with E-state index in [2.05, 4.69) is 20.9 Å². The zero-order valence-corrected chi connectivity index (χ0v) is 11.3. The highest BCUT2D eigenvalue weighted by molar-refractivity contribution is 9.10. The Morgan fingerprint density at radius 2 is 1.79 bits per heavy atom. The Hall–Kier alpha value is -2.14. The number of H-pyrrole nitrogens is 1. The van der Waals surface area contributed by atoms with Crippen molar-refractivity contribution < 1.29 is 4.92 Å². The molecule has 1 heterocycles. The Bertz CT molecular complexity index is 763. The van der Waals surface area contributed by atoms with Crippen LogP contribution in [0.3, 0.4) is 0 Å². The monoisotopic (exact) mass is 316 g/mol. The molecule has 4 nitrogen and oxygen atoms in total. The molecule has 0 unspecified atom stereocenters. The number of fused-ring (bicyclic) bond motifs is 1. The zero-order chi connectivity index (χ0) is 13.4. The van der Waals surface area contributed by atoms with Gasteiger partial charge in [0.1, 0.15) is 0 Å². The van der Waals surface area contributed by atoms with Gasteiger partial charge < -0.3 is 4.98 Å². The maximum Gasteiger partial charge on any atom is 0.270 e. The number of nitro benzene ring substituents is 1. The number of non-ortho nitro benzene ring substituents is 1. The topological polar surface area (TPSA) is 58.9 Å². The first-order valence-corrected chi connectivity index (χ1v) is 6.46. The molecule has 1 N–H and O–H groups in total. The van der Waals surface area contributed by atoms with Crippen molar-refractivity contribution in [1.82, 2.24) is 4.98 Å². The molecule has 0 amide bonds. The van der Waals surface area contributed by atoms with Gasteiger partial charge in [-0.3, -0.25) is 10.1 Å². The first-order chi connectivity index (χ1) is 9.13. The summed E-state index contributed by atoms with van der Waals surface area (Å²) in [7, 11) is 0. The van der Waals surface area contributed by atoms with Gasteiger partial charge in [-0.1, -0.05) is 28.1 Å². The Morgan fingerprint density at radius 1 is 1.05 bits per heavy atom. The summed E-state index contributed by atoms with van der Waals surface area (Å²) in [4.78, 5) is 13.6. The van der Waals surface area contributed by atoms with Gasteiger partial charge in [0.05, 0.1) is 4.92 Å². The third kappa shape index (κ3) is 2.24. The van der Waals surface area contributed by atoms with E-state index in [0.717, 1.165) is 26.6 Å². The van der Waals surface area contributed by atoms with E-state index in [1.807, 2.05) is 30.3 Å². The number of nitro groups is 1. The Morgan fingerprint density at radius 3 is 2.47 bits per heavy atom. The van der Waals surface area contributed by atoms with Crippen molar-refractivity contribution in [2.45, 2.75) is 0 Å². The minimum atomic E-state index is -0.383. The Labute approximate surface area is 117 Å². The van der Waals surface area contributed by atoms with Gasteiger partial charge in [0.15, 0.2) is 0 Å². The number of halogens is 1. The van der Waals surface area contributed by atoms with Crippen LogP contribution in [0.1, 0.15) is 0 Å². The number of aromatic nitrogens is 1. The number of nitrogens with zero attached hydrogens (tertiary/aromatic N) is 1. The van der Waals surface area contributed by atoms with Crippen molar-refractivity contribution in [1.29, 1.82) is 0 Å². The first kappa shape index (κ1) is 11.9. The summed E-state index contributed by atoms with van der Waals surface area (Å²) in [6.45, 7) is 0. The molecule has 0 bridgehead atoms. The summed E-state index contributed by atoms with van der Waals surface area (Å²) in [5.41, 5.74) is 2.99. The van der Waals surface area contributed by atoms with Gasteiger partial charge in [-0.25, -0.2) is 0 Å². The molecule has 0 aliphatic carbocycles. The lowest BCUT2D eigenvalue weighted by Gasteiger charge is -1.97. The molecule has 0 saturated carbocycles. The van der Waals surface area contributed by atoms with E-state index < -0.39 is 0 Å². The summed E-state index contributed by atoms with van der Waals surface area (Å²) in [5, 5.41) is 11.6. The van der Waals surface area contributed by atoms with Crippen LogP contribution < -0.4 is 0 Å². The highest BCUT2D eigenvalue weighted by Crippen LogP contribution is 2.27. The van der Waals surface area contributed by atoms with Crippen LogP contribution in [0, 0.1) is 10.1 Å². The predicted octanol–water partition coefficient (Wildman–Crippen LogP) is 4.51. The van der Waals surface area contributed by atoms with Crippen molar-refractivity contribution in [2.24, 2.45) is 0 Å². The third-order valence-corrected chi connectivity index (χ3v) is 3.50. The highest BCUT2D eigenvalue weighted by Gasteiger charge is 2.09. The molecule has 5 heteroatoms. The number of benzene rings is 2. The van der Waals surface area contributed by atoms with E-state index in [-0.39, 0.29) is 10.6 Å². The van der Waals surface area contributed by atoms with Gasteiger partial charge in [-0.05, 0) is 29.8 Å². The van der Waals surface area contributed by atoms with Gasteiger partial charge in [0, 0.05) is 33.2 Å². The standard InChI is InChI=1S/C14H9BrN2O2/c15-11-3-1-9(2-4-11)14-8-10-7-12(17(18)19)5-6-13(10)16-14/h1-8,16H. The minimum Gasteiger partial charge on any atom is -0.355 e. The number of nitrogens with one attached hydrogen (secondary N) is 1. The fourth-order valence-corrected chi connectivity index (χ4v) is 2.28. The van der Waals surface area contributed by atoms with E-state index in [1.165, 1.54) is 6.07 Å². The second-order valence-electron chi connectivity index (χ2n) is 4.22. The lowest BCUT2D eigenvalue weighted by atomic mass is 10.1. The zero-order valence-electron chi connectivity index (χ0n) is 9.76. The smallest absolute Gasteiger partial charge is 0.270 e. The number of hydrogen-bond donors (Lipinski definition) is 1. The SMILES string of the molecule is O=[N+]([O-])c1ccc2[nH]c(-c3ccc(Br)cc3)cc2c1. The molecule has 0 aliphatic rings. The predicted molar refractivity (Wildman–Crippen MR) is 78.1 cm³/mol. The molecule has 0 fully saturated rings. The van der Waals surface area contributed by atoms with Gasteiger partial charge in [0.25, 0.3) is 5.69 Å². The van der Waals surface area contributed by atoms with Crippen LogP contribution in [-0.2, 0) is 0 Å². The molecule has 3 aromatic rings. The maximum atomic E-state index is 10.7. The summed E-state index contributed by atoms with van der Waals surface area (Å²) in [6, 6.07) is 14.6. The summed E-state index contributed by atoms with van der Waals surface area (Å²) in [5.74, 6) is 0.